The van der Waals surface area contributed by atoms with E-state index in [2.05, 4.69) is 17.4 Å². The summed E-state index contributed by atoms with van der Waals surface area (Å²) < 4.78 is 5.34. The Hall–Kier alpha value is -2.34. The molecule has 1 unspecified atom stereocenters. The Bertz CT molecular complexity index is 836. The van der Waals surface area contributed by atoms with Gasteiger partial charge in [0.1, 0.15) is 0 Å². The number of rotatable bonds is 8. The van der Waals surface area contributed by atoms with Crippen molar-refractivity contribution in [2.45, 2.75) is 45.4 Å². The molecule has 1 fully saturated rings. The fourth-order valence-electron chi connectivity index (χ4n) is 3.60. The van der Waals surface area contributed by atoms with Gasteiger partial charge in [0.05, 0.1) is 5.92 Å². The molecule has 1 atom stereocenters. The van der Waals surface area contributed by atoms with E-state index in [9.17, 15) is 9.59 Å². The largest absolute Gasteiger partial charge is 0.356 e. The van der Waals surface area contributed by atoms with Crippen molar-refractivity contribution in [2.75, 3.05) is 19.6 Å². The predicted octanol–water partition coefficient (Wildman–Crippen LogP) is 4.54. The minimum Gasteiger partial charge on any atom is -0.356 e. The smallest absolute Gasteiger partial charge is 0.276 e. The number of hydrogen-bond acceptors (Lipinski definition) is 4. The fourth-order valence-corrected chi connectivity index (χ4v) is 3.79. The van der Waals surface area contributed by atoms with E-state index >= 15 is 0 Å². The molecular formula is C22H28ClN3O3. The number of amides is 2. The highest BCUT2D eigenvalue weighted by Crippen LogP contribution is 2.25. The second-order valence-electron chi connectivity index (χ2n) is 7.53. The quantitative estimate of drug-likeness (QED) is 0.639. The van der Waals surface area contributed by atoms with Gasteiger partial charge in [0.25, 0.3) is 5.91 Å². The highest BCUT2D eigenvalue weighted by molar-refractivity contribution is 6.30. The van der Waals surface area contributed by atoms with Gasteiger partial charge in [-0.2, -0.15) is 0 Å². The number of hydrogen-bond donors (Lipinski definition) is 1. The summed E-state index contributed by atoms with van der Waals surface area (Å²) >= 11 is 6.02. The maximum Gasteiger partial charge on any atom is 0.276 e. The maximum atomic E-state index is 12.9. The van der Waals surface area contributed by atoms with Crippen molar-refractivity contribution >= 4 is 23.4 Å². The summed E-state index contributed by atoms with van der Waals surface area (Å²) in [6.07, 6.45) is 6.11. The van der Waals surface area contributed by atoms with E-state index < -0.39 is 0 Å². The van der Waals surface area contributed by atoms with Gasteiger partial charge in [0, 0.05) is 36.3 Å². The van der Waals surface area contributed by atoms with Gasteiger partial charge in [-0.25, -0.2) is 0 Å². The van der Waals surface area contributed by atoms with Crippen LogP contribution in [0.25, 0.3) is 11.3 Å². The highest BCUT2D eigenvalue weighted by atomic mass is 35.5. The predicted molar refractivity (Wildman–Crippen MR) is 113 cm³/mol. The summed E-state index contributed by atoms with van der Waals surface area (Å²) in [5.41, 5.74) is 1.02. The summed E-state index contributed by atoms with van der Waals surface area (Å²) in [7, 11) is 0. The number of nitrogens with one attached hydrogen (secondary N) is 1. The van der Waals surface area contributed by atoms with Crippen molar-refractivity contribution in [3.05, 3.63) is 41.0 Å². The Morgan fingerprint density at radius 1 is 1.28 bits per heavy atom. The average molecular weight is 418 g/mol. The molecule has 2 heterocycles. The lowest BCUT2D eigenvalue weighted by Crippen LogP contribution is -2.45. The second kappa shape index (κ2) is 10.4. The molecule has 1 aliphatic heterocycles. The van der Waals surface area contributed by atoms with E-state index in [4.69, 9.17) is 16.1 Å². The van der Waals surface area contributed by atoms with Crippen LogP contribution in [-0.2, 0) is 4.79 Å². The zero-order valence-corrected chi connectivity index (χ0v) is 17.6. The molecule has 1 saturated heterocycles. The first-order chi connectivity index (χ1) is 14.1. The number of likely N-dealkylation sites (tertiary alicyclic amines) is 1. The van der Waals surface area contributed by atoms with Crippen molar-refractivity contribution in [2.24, 2.45) is 5.92 Å². The Labute approximate surface area is 176 Å². The first kappa shape index (κ1) is 21.4. The van der Waals surface area contributed by atoms with E-state index in [0.29, 0.717) is 30.4 Å². The molecule has 1 N–H and O–H groups in total. The lowest BCUT2D eigenvalue weighted by Gasteiger charge is -2.31. The van der Waals surface area contributed by atoms with Gasteiger partial charge in [-0.05, 0) is 31.4 Å². The number of halogens is 1. The number of nitrogens with zero attached hydrogens (tertiary/aromatic N) is 2. The van der Waals surface area contributed by atoms with Crippen LogP contribution in [0.15, 0.2) is 34.9 Å². The lowest BCUT2D eigenvalue weighted by molar-refractivity contribution is -0.126. The number of aromatic nitrogens is 1. The van der Waals surface area contributed by atoms with E-state index in [0.717, 1.165) is 31.2 Å². The molecule has 156 valence electrons. The molecule has 0 saturated carbocycles. The van der Waals surface area contributed by atoms with Gasteiger partial charge in [-0.1, -0.05) is 55.1 Å². The molecule has 29 heavy (non-hydrogen) atoms. The molecule has 0 bridgehead atoms. The van der Waals surface area contributed by atoms with Crippen LogP contribution >= 0.6 is 11.6 Å². The molecule has 1 aromatic heterocycles. The third kappa shape index (κ3) is 5.82. The molecule has 3 rings (SSSR count). The monoisotopic (exact) mass is 417 g/mol. The molecule has 2 aromatic rings. The topological polar surface area (TPSA) is 75.4 Å². The van der Waals surface area contributed by atoms with Gasteiger partial charge in [-0.15, -0.1) is 0 Å². The molecule has 2 amide bonds. The average Bonchev–Trinajstić information content (AvgIpc) is 3.23. The van der Waals surface area contributed by atoms with Crippen LogP contribution in [0.3, 0.4) is 0 Å². The lowest BCUT2D eigenvalue weighted by atomic mass is 9.96. The summed E-state index contributed by atoms with van der Waals surface area (Å²) in [5.74, 6) is 0.161. The van der Waals surface area contributed by atoms with Crippen LogP contribution in [0.1, 0.15) is 55.9 Å². The third-order valence-electron chi connectivity index (χ3n) is 5.25. The summed E-state index contributed by atoms with van der Waals surface area (Å²) in [4.78, 5) is 27.0. The van der Waals surface area contributed by atoms with E-state index in [1.807, 2.05) is 12.1 Å². The first-order valence-corrected chi connectivity index (χ1v) is 10.8. The summed E-state index contributed by atoms with van der Waals surface area (Å²) in [6, 6.07) is 8.83. The van der Waals surface area contributed by atoms with Crippen LogP contribution in [0.4, 0.5) is 0 Å². The van der Waals surface area contributed by atoms with Crippen molar-refractivity contribution in [1.29, 1.82) is 0 Å². The summed E-state index contributed by atoms with van der Waals surface area (Å²) in [5, 5.41) is 7.54. The highest BCUT2D eigenvalue weighted by Gasteiger charge is 2.30. The minimum absolute atomic E-state index is 0.0405. The Kier molecular flexibility index (Phi) is 7.69. The normalized spacial score (nSPS) is 16.6. The Balaban J connectivity index is 1.56. The molecular weight excluding hydrogens is 390 g/mol. The fraction of sp³-hybridized carbons (Fsp3) is 0.500. The standard InChI is InChI=1S/C22H28ClN3O3/c1-2-3-4-5-11-24-21(27)17-9-7-12-26(15-17)22(28)19-14-20(29-25-19)16-8-6-10-18(23)13-16/h6,8,10,13-14,17H,2-5,7,9,11-12,15H2,1H3,(H,24,27). The zero-order chi connectivity index (χ0) is 20.6. The van der Waals surface area contributed by atoms with Gasteiger partial charge in [-0.3, -0.25) is 9.59 Å². The van der Waals surface area contributed by atoms with E-state index in [-0.39, 0.29) is 23.4 Å². The minimum atomic E-state index is -0.206. The van der Waals surface area contributed by atoms with Gasteiger partial charge < -0.3 is 14.7 Å². The Morgan fingerprint density at radius 3 is 2.93 bits per heavy atom. The van der Waals surface area contributed by atoms with Crippen LogP contribution in [0, 0.1) is 5.92 Å². The number of carbonyl (C=O) groups is 2. The SMILES string of the molecule is CCCCCCNC(=O)C1CCCN(C(=O)c2cc(-c3cccc(Cl)c3)on2)C1. The molecule has 0 spiro atoms. The van der Waals surface area contributed by atoms with Crippen molar-refractivity contribution in [3.63, 3.8) is 0 Å². The van der Waals surface area contributed by atoms with Gasteiger partial charge in [0.2, 0.25) is 5.91 Å². The first-order valence-electron chi connectivity index (χ1n) is 10.4. The second-order valence-corrected chi connectivity index (χ2v) is 7.97. The van der Waals surface area contributed by atoms with Gasteiger partial charge >= 0.3 is 0 Å². The molecule has 6 nitrogen and oxygen atoms in total. The number of benzene rings is 1. The van der Waals surface area contributed by atoms with Crippen LogP contribution < -0.4 is 5.32 Å². The van der Waals surface area contributed by atoms with E-state index in [1.54, 1.807) is 23.1 Å². The molecule has 1 aromatic carbocycles. The molecule has 7 heteroatoms. The van der Waals surface area contributed by atoms with Gasteiger partial charge in [0.15, 0.2) is 11.5 Å². The number of piperidine rings is 1. The van der Waals surface area contributed by atoms with Crippen molar-refractivity contribution in [3.8, 4) is 11.3 Å². The van der Waals surface area contributed by atoms with Crippen molar-refractivity contribution < 1.29 is 14.1 Å². The molecule has 1 aliphatic rings. The number of carbonyl (C=O) groups excluding carboxylic acids is 2. The van der Waals surface area contributed by atoms with Crippen LogP contribution in [0.2, 0.25) is 5.02 Å². The zero-order valence-electron chi connectivity index (χ0n) is 16.8. The van der Waals surface area contributed by atoms with Crippen molar-refractivity contribution in [1.82, 2.24) is 15.4 Å². The summed E-state index contributed by atoms with van der Waals surface area (Å²) in [6.45, 7) is 3.91. The maximum absolute atomic E-state index is 12.9. The molecule has 0 radical (unpaired) electrons. The van der Waals surface area contributed by atoms with Crippen LogP contribution in [0.5, 0.6) is 0 Å². The van der Waals surface area contributed by atoms with Crippen LogP contribution in [-0.4, -0.2) is 41.5 Å². The Morgan fingerprint density at radius 2 is 2.14 bits per heavy atom. The third-order valence-corrected chi connectivity index (χ3v) is 5.48. The van der Waals surface area contributed by atoms with E-state index in [1.165, 1.54) is 12.8 Å². The molecule has 0 aliphatic carbocycles. The number of unbranched alkanes of at least 4 members (excludes halogenated alkanes) is 3.